The van der Waals surface area contributed by atoms with E-state index in [9.17, 15) is 4.79 Å². The molecule has 0 radical (unpaired) electrons. The van der Waals surface area contributed by atoms with Crippen LogP contribution in [0.3, 0.4) is 0 Å². The SMILES string of the molecule is CCCN(Cc1cccn1C)C(=O)CC(C)CC(C)(C)C. The Morgan fingerprint density at radius 1 is 1.38 bits per heavy atom. The summed E-state index contributed by atoms with van der Waals surface area (Å²) in [6.07, 6.45) is 4.78. The highest BCUT2D eigenvalue weighted by molar-refractivity contribution is 5.76. The van der Waals surface area contributed by atoms with Crippen LogP contribution in [0.2, 0.25) is 0 Å². The van der Waals surface area contributed by atoms with Crippen molar-refractivity contribution in [2.24, 2.45) is 18.4 Å². The molecule has 1 atom stereocenters. The molecule has 0 saturated heterocycles. The number of carbonyl (C=O) groups excluding carboxylic acids is 1. The molecule has 120 valence electrons. The molecule has 0 fully saturated rings. The Morgan fingerprint density at radius 2 is 2.05 bits per heavy atom. The smallest absolute Gasteiger partial charge is 0.223 e. The van der Waals surface area contributed by atoms with Crippen LogP contribution < -0.4 is 0 Å². The number of nitrogens with zero attached hydrogens (tertiary/aromatic N) is 2. The molecule has 1 unspecified atom stereocenters. The number of rotatable bonds is 7. The first kappa shape index (κ1) is 17.8. The molecule has 0 spiro atoms. The molecule has 0 aliphatic heterocycles. The van der Waals surface area contributed by atoms with E-state index < -0.39 is 0 Å². The summed E-state index contributed by atoms with van der Waals surface area (Å²) in [6.45, 7) is 12.6. The Bertz CT molecular complexity index is 442. The van der Waals surface area contributed by atoms with Crippen molar-refractivity contribution in [2.75, 3.05) is 6.54 Å². The lowest BCUT2D eigenvalue weighted by Gasteiger charge is -2.27. The molecular weight excluding hydrogens is 260 g/mol. The van der Waals surface area contributed by atoms with E-state index in [-0.39, 0.29) is 11.3 Å². The monoisotopic (exact) mass is 292 g/mol. The number of amides is 1. The van der Waals surface area contributed by atoms with Crippen molar-refractivity contribution >= 4 is 5.91 Å². The Hall–Kier alpha value is -1.25. The highest BCUT2D eigenvalue weighted by Gasteiger charge is 2.21. The first-order chi connectivity index (χ1) is 9.73. The maximum atomic E-state index is 12.6. The van der Waals surface area contributed by atoms with Gasteiger partial charge in [-0.2, -0.15) is 0 Å². The Kier molecular flexibility index (Phi) is 6.50. The van der Waals surface area contributed by atoms with Crippen molar-refractivity contribution in [1.29, 1.82) is 0 Å². The van der Waals surface area contributed by atoms with E-state index in [4.69, 9.17) is 0 Å². The normalized spacial score (nSPS) is 13.2. The molecule has 0 N–H and O–H groups in total. The molecule has 0 aliphatic rings. The van der Waals surface area contributed by atoms with Crippen molar-refractivity contribution in [2.45, 2.75) is 60.4 Å². The third-order valence-electron chi connectivity index (χ3n) is 3.73. The Morgan fingerprint density at radius 3 is 2.52 bits per heavy atom. The van der Waals surface area contributed by atoms with Crippen LogP contribution in [0.4, 0.5) is 0 Å². The summed E-state index contributed by atoms with van der Waals surface area (Å²) in [5.41, 5.74) is 1.48. The summed E-state index contributed by atoms with van der Waals surface area (Å²) >= 11 is 0. The highest BCUT2D eigenvalue weighted by Crippen LogP contribution is 2.26. The summed E-state index contributed by atoms with van der Waals surface area (Å²) < 4.78 is 2.09. The minimum atomic E-state index is 0.285. The molecule has 0 bridgehead atoms. The van der Waals surface area contributed by atoms with Gasteiger partial charge in [-0.15, -0.1) is 0 Å². The van der Waals surface area contributed by atoms with Gasteiger partial charge in [-0.25, -0.2) is 0 Å². The molecule has 1 rings (SSSR count). The second-order valence-electron chi connectivity index (χ2n) is 7.50. The van der Waals surface area contributed by atoms with E-state index in [1.54, 1.807) is 0 Å². The summed E-state index contributed by atoms with van der Waals surface area (Å²) in [7, 11) is 2.03. The van der Waals surface area contributed by atoms with Crippen LogP contribution in [0.1, 0.15) is 59.6 Å². The van der Waals surface area contributed by atoms with Crippen molar-refractivity contribution in [3.05, 3.63) is 24.0 Å². The minimum absolute atomic E-state index is 0.285. The highest BCUT2D eigenvalue weighted by atomic mass is 16.2. The van der Waals surface area contributed by atoms with E-state index in [0.717, 1.165) is 25.9 Å². The zero-order chi connectivity index (χ0) is 16.0. The summed E-state index contributed by atoms with van der Waals surface area (Å²) in [5, 5.41) is 0. The number of aryl methyl sites for hydroxylation is 1. The summed E-state index contributed by atoms with van der Waals surface area (Å²) in [4.78, 5) is 14.6. The molecule has 1 amide bonds. The molecule has 3 heteroatoms. The quantitative estimate of drug-likeness (QED) is 0.738. The van der Waals surface area contributed by atoms with Crippen molar-refractivity contribution in [3.63, 3.8) is 0 Å². The lowest BCUT2D eigenvalue weighted by Crippen LogP contribution is -2.33. The first-order valence-electron chi connectivity index (χ1n) is 8.11. The van der Waals surface area contributed by atoms with Crippen LogP contribution in [0.5, 0.6) is 0 Å². The van der Waals surface area contributed by atoms with Gasteiger partial charge in [0.15, 0.2) is 0 Å². The van der Waals surface area contributed by atoms with E-state index in [1.807, 2.05) is 24.2 Å². The second kappa shape index (κ2) is 7.67. The first-order valence-corrected chi connectivity index (χ1v) is 8.11. The zero-order valence-electron chi connectivity index (χ0n) is 14.6. The lowest BCUT2D eigenvalue weighted by atomic mass is 9.84. The molecule has 21 heavy (non-hydrogen) atoms. The molecule has 1 aromatic heterocycles. The maximum absolute atomic E-state index is 12.6. The summed E-state index contributed by atoms with van der Waals surface area (Å²) in [6, 6.07) is 4.13. The van der Waals surface area contributed by atoms with E-state index in [2.05, 4.69) is 45.3 Å². The van der Waals surface area contributed by atoms with Gasteiger partial charge in [0, 0.05) is 31.9 Å². The molecule has 0 aliphatic carbocycles. The molecular formula is C18H32N2O. The fourth-order valence-corrected chi connectivity index (χ4v) is 2.96. The number of hydrogen-bond acceptors (Lipinski definition) is 1. The van der Waals surface area contributed by atoms with E-state index >= 15 is 0 Å². The molecule has 0 saturated carbocycles. The molecule has 3 nitrogen and oxygen atoms in total. The third kappa shape index (κ3) is 6.36. The van der Waals surface area contributed by atoms with Gasteiger partial charge in [0.25, 0.3) is 0 Å². The van der Waals surface area contributed by atoms with Gasteiger partial charge in [-0.1, -0.05) is 34.6 Å². The van der Waals surface area contributed by atoms with Crippen LogP contribution in [0, 0.1) is 11.3 Å². The van der Waals surface area contributed by atoms with Gasteiger partial charge in [-0.3, -0.25) is 4.79 Å². The maximum Gasteiger partial charge on any atom is 0.223 e. The van der Waals surface area contributed by atoms with Crippen molar-refractivity contribution < 1.29 is 4.79 Å². The topological polar surface area (TPSA) is 25.2 Å². The molecule has 0 aromatic carbocycles. The number of hydrogen-bond donors (Lipinski definition) is 0. The predicted octanol–water partition coefficient (Wildman–Crippen LogP) is 4.23. The van der Waals surface area contributed by atoms with Crippen molar-refractivity contribution in [1.82, 2.24) is 9.47 Å². The largest absolute Gasteiger partial charge is 0.353 e. The van der Waals surface area contributed by atoms with Gasteiger partial charge in [0.1, 0.15) is 0 Å². The Labute approximate surface area is 130 Å². The second-order valence-corrected chi connectivity index (χ2v) is 7.50. The summed E-state index contributed by atoms with van der Waals surface area (Å²) in [5.74, 6) is 0.722. The van der Waals surface area contributed by atoms with Crippen molar-refractivity contribution in [3.8, 4) is 0 Å². The average Bonchev–Trinajstić information content (AvgIpc) is 2.71. The van der Waals surface area contributed by atoms with E-state index in [1.165, 1.54) is 5.69 Å². The number of carbonyl (C=O) groups is 1. The molecule has 1 aromatic rings. The minimum Gasteiger partial charge on any atom is -0.353 e. The van der Waals surface area contributed by atoms with E-state index in [0.29, 0.717) is 12.3 Å². The van der Waals surface area contributed by atoms with Gasteiger partial charge in [0.05, 0.1) is 6.54 Å². The fraction of sp³-hybridized carbons (Fsp3) is 0.722. The predicted molar refractivity (Wildman–Crippen MR) is 89.0 cm³/mol. The van der Waals surface area contributed by atoms with Crippen LogP contribution in [0.15, 0.2) is 18.3 Å². The standard InChI is InChI=1S/C18H32N2O/c1-7-10-20(14-16-9-8-11-19(16)6)17(21)12-15(2)13-18(3,4)5/h8-9,11,15H,7,10,12-14H2,1-6H3. The van der Waals surface area contributed by atoms with Crippen LogP contribution in [0.25, 0.3) is 0 Å². The third-order valence-corrected chi connectivity index (χ3v) is 3.73. The van der Waals surface area contributed by atoms with Gasteiger partial charge in [0.2, 0.25) is 5.91 Å². The van der Waals surface area contributed by atoms with Gasteiger partial charge < -0.3 is 9.47 Å². The van der Waals surface area contributed by atoms with Crippen LogP contribution in [-0.2, 0) is 18.4 Å². The van der Waals surface area contributed by atoms with Crippen LogP contribution in [-0.4, -0.2) is 21.9 Å². The van der Waals surface area contributed by atoms with Gasteiger partial charge in [-0.05, 0) is 36.3 Å². The Balaban J connectivity index is 2.63. The lowest BCUT2D eigenvalue weighted by molar-refractivity contribution is -0.133. The van der Waals surface area contributed by atoms with Crippen LogP contribution >= 0.6 is 0 Å². The average molecular weight is 292 g/mol. The fourth-order valence-electron chi connectivity index (χ4n) is 2.96. The number of aromatic nitrogens is 1. The molecule has 1 heterocycles. The van der Waals surface area contributed by atoms with Gasteiger partial charge >= 0.3 is 0 Å². The zero-order valence-corrected chi connectivity index (χ0v) is 14.6.